The Balaban J connectivity index is 1.45. The fourth-order valence-corrected chi connectivity index (χ4v) is 3.26. The van der Waals surface area contributed by atoms with Crippen LogP contribution >= 0.6 is 0 Å². The van der Waals surface area contributed by atoms with E-state index in [-0.39, 0.29) is 24.5 Å². The van der Waals surface area contributed by atoms with Gasteiger partial charge in [0.15, 0.2) is 0 Å². The number of ether oxygens (including phenoxy) is 1. The average Bonchev–Trinajstić information content (AvgIpc) is 3.21. The molecule has 23 heavy (non-hydrogen) atoms. The van der Waals surface area contributed by atoms with Crippen LogP contribution in [0.2, 0.25) is 0 Å². The highest BCUT2D eigenvalue weighted by atomic mass is 16.7. The molecule has 2 saturated heterocycles. The number of hydroxylamine groups is 2. The summed E-state index contributed by atoms with van der Waals surface area (Å²) in [6, 6.07) is 5.74. The van der Waals surface area contributed by atoms with Gasteiger partial charge in [-0.25, -0.2) is 0 Å². The number of benzene rings is 1. The number of rotatable bonds is 4. The van der Waals surface area contributed by atoms with Crippen molar-refractivity contribution in [1.29, 1.82) is 0 Å². The highest BCUT2D eigenvalue weighted by Gasteiger charge is 2.61. The Morgan fingerprint density at radius 2 is 1.65 bits per heavy atom. The number of fused-ring (bicyclic) bond motifs is 5. The van der Waals surface area contributed by atoms with Gasteiger partial charge in [0.25, 0.3) is 17.5 Å². The second-order valence-electron chi connectivity index (χ2n) is 5.67. The van der Waals surface area contributed by atoms with Crippen molar-refractivity contribution in [3.05, 3.63) is 52.1 Å². The lowest BCUT2D eigenvalue weighted by Gasteiger charge is -2.16. The number of hydrogen-bond acceptors (Lipinski definition) is 6. The van der Waals surface area contributed by atoms with Crippen LogP contribution in [0, 0.1) is 22.0 Å². The maximum Gasteiger partial charge on any atom is 0.269 e. The predicted molar refractivity (Wildman–Crippen MR) is 74.5 cm³/mol. The van der Waals surface area contributed by atoms with Gasteiger partial charge in [-0.15, -0.1) is 0 Å². The normalized spacial score (nSPS) is 31.0. The van der Waals surface area contributed by atoms with E-state index in [2.05, 4.69) is 0 Å². The zero-order chi connectivity index (χ0) is 16.1. The van der Waals surface area contributed by atoms with Gasteiger partial charge in [0.2, 0.25) is 0 Å². The minimum absolute atomic E-state index is 0.0153. The molecule has 2 bridgehead atoms. The van der Waals surface area contributed by atoms with E-state index in [9.17, 15) is 19.7 Å². The summed E-state index contributed by atoms with van der Waals surface area (Å²) in [4.78, 5) is 40.1. The van der Waals surface area contributed by atoms with E-state index >= 15 is 0 Å². The first-order valence-corrected chi connectivity index (χ1v) is 7.14. The van der Waals surface area contributed by atoms with E-state index in [0.29, 0.717) is 5.56 Å². The first-order chi connectivity index (χ1) is 11.1. The number of hydrogen-bond donors (Lipinski definition) is 0. The minimum Gasteiger partial charge on any atom is -0.365 e. The van der Waals surface area contributed by atoms with Crippen LogP contribution in [0.25, 0.3) is 0 Å². The molecule has 0 aliphatic carbocycles. The molecule has 4 rings (SSSR count). The van der Waals surface area contributed by atoms with Crippen LogP contribution in [0.15, 0.2) is 36.4 Å². The van der Waals surface area contributed by atoms with Crippen molar-refractivity contribution in [2.24, 2.45) is 11.8 Å². The van der Waals surface area contributed by atoms with Crippen LogP contribution in [0.5, 0.6) is 0 Å². The quantitative estimate of drug-likeness (QED) is 0.355. The fourth-order valence-electron chi connectivity index (χ4n) is 3.26. The Morgan fingerprint density at radius 1 is 1.09 bits per heavy atom. The van der Waals surface area contributed by atoms with E-state index in [0.717, 1.165) is 5.06 Å². The molecule has 0 spiro atoms. The molecule has 4 atom stereocenters. The Labute approximate surface area is 130 Å². The summed E-state index contributed by atoms with van der Waals surface area (Å²) in [7, 11) is 0. The van der Waals surface area contributed by atoms with E-state index in [1.165, 1.54) is 24.3 Å². The lowest BCUT2D eigenvalue weighted by Crippen LogP contribution is -2.34. The third-order valence-corrected chi connectivity index (χ3v) is 4.38. The van der Waals surface area contributed by atoms with E-state index < -0.39 is 28.6 Å². The Bertz CT molecular complexity index is 698. The summed E-state index contributed by atoms with van der Waals surface area (Å²) in [5.41, 5.74) is 0.599. The van der Waals surface area contributed by atoms with Crippen molar-refractivity contribution in [3.8, 4) is 0 Å². The molecule has 0 unspecified atom stereocenters. The van der Waals surface area contributed by atoms with Crippen LogP contribution in [-0.2, 0) is 25.8 Å². The average molecular weight is 316 g/mol. The Hall–Kier alpha value is -2.58. The van der Waals surface area contributed by atoms with Gasteiger partial charge in [0.05, 0.1) is 29.0 Å². The number of nitrogens with zero attached hydrogens (tertiary/aromatic N) is 2. The predicted octanol–water partition coefficient (Wildman–Crippen LogP) is 0.965. The second kappa shape index (κ2) is 4.97. The molecule has 3 heterocycles. The molecule has 0 saturated carbocycles. The lowest BCUT2D eigenvalue weighted by molar-refractivity contribution is -0.384. The van der Waals surface area contributed by atoms with Crippen molar-refractivity contribution >= 4 is 17.5 Å². The summed E-state index contributed by atoms with van der Waals surface area (Å²) in [6.45, 7) is -0.0153. The molecule has 0 N–H and O–H groups in total. The van der Waals surface area contributed by atoms with Crippen LogP contribution in [-0.4, -0.2) is 34.0 Å². The Kier molecular flexibility index (Phi) is 3.03. The van der Waals surface area contributed by atoms with Crippen molar-refractivity contribution in [2.45, 2.75) is 18.8 Å². The first kappa shape index (κ1) is 14.0. The molecule has 118 valence electrons. The van der Waals surface area contributed by atoms with Gasteiger partial charge in [-0.2, -0.15) is 5.06 Å². The topological polar surface area (TPSA) is 99.0 Å². The lowest BCUT2D eigenvalue weighted by atomic mass is 9.85. The van der Waals surface area contributed by atoms with Gasteiger partial charge in [-0.3, -0.25) is 24.5 Å². The monoisotopic (exact) mass is 316 g/mol. The SMILES string of the molecule is O=C1[C@@H]2[C@H](C(=O)N1OCc1ccc([N+](=O)[O-])cc1)[C@H]1C=C[C@H]2O1. The summed E-state index contributed by atoms with van der Waals surface area (Å²) in [5.74, 6) is -1.79. The minimum atomic E-state index is -0.505. The number of carbonyl (C=O) groups is 2. The van der Waals surface area contributed by atoms with Crippen molar-refractivity contribution in [3.63, 3.8) is 0 Å². The van der Waals surface area contributed by atoms with Gasteiger partial charge >= 0.3 is 0 Å². The number of non-ortho nitro benzene ring substituents is 1. The van der Waals surface area contributed by atoms with Gasteiger partial charge < -0.3 is 4.74 Å². The van der Waals surface area contributed by atoms with Crippen LogP contribution in [0.3, 0.4) is 0 Å². The molecule has 3 aliphatic heterocycles. The third kappa shape index (κ3) is 2.07. The fraction of sp³-hybridized carbons (Fsp3) is 0.333. The standard InChI is InChI=1S/C15H12N2O6/c18-14-12-10-5-6-11(23-10)13(12)15(19)16(14)22-7-8-1-3-9(4-2-8)17(20)21/h1-6,10-13H,7H2/t10-,11-,12-,13+/m1/s1. The highest BCUT2D eigenvalue weighted by molar-refractivity contribution is 6.05. The smallest absolute Gasteiger partial charge is 0.269 e. The first-order valence-electron chi connectivity index (χ1n) is 7.14. The van der Waals surface area contributed by atoms with Crippen molar-refractivity contribution in [1.82, 2.24) is 5.06 Å². The van der Waals surface area contributed by atoms with Gasteiger partial charge in [-0.1, -0.05) is 12.2 Å². The maximum absolute atomic E-state index is 12.3. The summed E-state index contributed by atoms with van der Waals surface area (Å²) in [6.07, 6.45) is 2.90. The van der Waals surface area contributed by atoms with E-state index in [1.54, 1.807) is 12.2 Å². The molecule has 0 radical (unpaired) electrons. The van der Waals surface area contributed by atoms with Gasteiger partial charge in [-0.05, 0) is 17.7 Å². The van der Waals surface area contributed by atoms with Crippen molar-refractivity contribution < 1.29 is 24.1 Å². The number of nitro groups is 1. The maximum atomic E-state index is 12.3. The largest absolute Gasteiger partial charge is 0.365 e. The molecular formula is C15H12N2O6. The van der Waals surface area contributed by atoms with Crippen LogP contribution in [0.4, 0.5) is 5.69 Å². The molecule has 8 heteroatoms. The zero-order valence-electron chi connectivity index (χ0n) is 11.8. The molecular weight excluding hydrogens is 304 g/mol. The molecule has 2 fully saturated rings. The molecule has 2 amide bonds. The van der Waals surface area contributed by atoms with Crippen LogP contribution in [0.1, 0.15) is 5.56 Å². The molecule has 8 nitrogen and oxygen atoms in total. The van der Waals surface area contributed by atoms with Gasteiger partial charge in [0, 0.05) is 12.1 Å². The summed E-state index contributed by atoms with van der Waals surface area (Å²) >= 11 is 0. The second-order valence-corrected chi connectivity index (χ2v) is 5.67. The highest BCUT2D eigenvalue weighted by Crippen LogP contribution is 2.45. The van der Waals surface area contributed by atoms with E-state index in [4.69, 9.17) is 9.57 Å². The van der Waals surface area contributed by atoms with E-state index in [1.807, 2.05) is 0 Å². The number of nitro benzene ring substituents is 1. The number of carbonyl (C=O) groups excluding carboxylic acids is 2. The number of amides is 2. The van der Waals surface area contributed by atoms with Gasteiger partial charge in [0.1, 0.15) is 6.61 Å². The zero-order valence-corrected chi connectivity index (χ0v) is 11.8. The molecule has 1 aromatic carbocycles. The Morgan fingerprint density at radius 3 is 2.17 bits per heavy atom. The summed E-state index contributed by atoms with van der Waals surface area (Å²) in [5, 5.41) is 11.4. The molecule has 3 aliphatic rings. The van der Waals surface area contributed by atoms with Crippen molar-refractivity contribution in [2.75, 3.05) is 0 Å². The van der Waals surface area contributed by atoms with Crippen LogP contribution < -0.4 is 0 Å². The third-order valence-electron chi connectivity index (χ3n) is 4.38. The number of imide groups is 1. The molecule has 0 aromatic heterocycles. The summed E-state index contributed by atoms with van der Waals surface area (Å²) < 4.78 is 5.53. The molecule has 1 aromatic rings.